The lowest BCUT2D eigenvalue weighted by molar-refractivity contribution is 0.617. The molecule has 0 saturated carbocycles. The van der Waals surface area contributed by atoms with Crippen LogP contribution in [0.1, 0.15) is 31.0 Å². The lowest BCUT2D eigenvalue weighted by Gasteiger charge is -2.10. The van der Waals surface area contributed by atoms with Crippen molar-refractivity contribution in [2.24, 2.45) is 0 Å². The van der Waals surface area contributed by atoms with E-state index in [0.29, 0.717) is 11.6 Å². The van der Waals surface area contributed by atoms with Crippen LogP contribution in [0, 0.1) is 19.7 Å². The fourth-order valence-corrected chi connectivity index (χ4v) is 1.99. The molecule has 0 atom stereocenters. The zero-order chi connectivity index (χ0) is 13.8. The first-order chi connectivity index (χ1) is 9.11. The minimum Gasteiger partial charge on any atom is -0.355 e. The first-order valence-electron chi connectivity index (χ1n) is 6.68. The second kappa shape index (κ2) is 5.87. The number of unbranched alkanes of at least 4 members (excludes halogenated alkanes) is 1. The van der Waals surface area contributed by atoms with E-state index in [2.05, 4.69) is 17.2 Å². The predicted octanol–water partition coefficient (Wildman–Crippen LogP) is 3.84. The molecule has 0 fully saturated rings. The third-order valence-corrected chi connectivity index (χ3v) is 3.00. The lowest BCUT2D eigenvalue weighted by atomic mass is 10.2. The van der Waals surface area contributed by atoms with Gasteiger partial charge in [-0.3, -0.25) is 4.57 Å². The molecule has 102 valence electrons. The second-order valence-corrected chi connectivity index (χ2v) is 4.81. The summed E-state index contributed by atoms with van der Waals surface area (Å²) in [4.78, 5) is 4.41. The largest absolute Gasteiger partial charge is 0.355 e. The van der Waals surface area contributed by atoms with Crippen LogP contribution in [0.5, 0.6) is 0 Å². The van der Waals surface area contributed by atoms with E-state index in [-0.39, 0.29) is 5.82 Å². The molecule has 1 aromatic carbocycles. The highest BCUT2D eigenvalue weighted by molar-refractivity contribution is 5.45. The average Bonchev–Trinajstić information content (AvgIpc) is 2.71. The van der Waals surface area contributed by atoms with Crippen molar-refractivity contribution >= 4 is 5.95 Å². The highest BCUT2D eigenvalue weighted by Crippen LogP contribution is 2.20. The van der Waals surface area contributed by atoms with Gasteiger partial charge in [0.2, 0.25) is 5.95 Å². The zero-order valence-electron chi connectivity index (χ0n) is 11.7. The second-order valence-electron chi connectivity index (χ2n) is 4.81. The van der Waals surface area contributed by atoms with Crippen molar-refractivity contribution < 1.29 is 4.39 Å². The van der Waals surface area contributed by atoms with E-state index < -0.39 is 0 Å². The van der Waals surface area contributed by atoms with Gasteiger partial charge in [-0.15, -0.1) is 0 Å². The van der Waals surface area contributed by atoms with Gasteiger partial charge in [-0.1, -0.05) is 19.4 Å². The number of nitrogens with one attached hydrogen (secondary N) is 1. The predicted molar refractivity (Wildman–Crippen MR) is 76.4 cm³/mol. The first-order valence-corrected chi connectivity index (χ1v) is 6.68. The number of anilines is 1. The molecule has 0 saturated heterocycles. The summed E-state index contributed by atoms with van der Waals surface area (Å²) in [6, 6.07) is 5.24. The Morgan fingerprint density at radius 2 is 2.11 bits per heavy atom. The molecule has 0 bridgehead atoms. The normalized spacial score (nSPS) is 10.7. The van der Waals surface area contributed by atoms with Crippen molar-refractivity contribution in [3.05, 3.63) is 41.5 Å². The molecule has 0 aliphatic rings. The fraction of sp³-hybridized carbons (Fsp3) is 0.400. The van der Waals surface area contributed by atoms with Crippen molar-refractivity contribution in [2.75, 3.05) is 11.9 Å². The van der Waals surface area contributed by atoms with Gasteiger partial charge in [-0.05, 0) is 38.0 Å². The summed E-state index contributed by atoms with van der Waals surface area (Å²) in [5.74, 6) is 0.477. The summed E-state index contributed by atoms with van der Waals surface area (Å²) in [7, 11) is 0. The molecule has 0 radical (unpaired) electrons. The average molecular weight is 261 g/mol. The Morgan fingerprint density at radius 1 is 1.32 bits per heavy atom. The molecule has 1 aromatic heterocycles. The van der Waals surface area contributed by atoms with E-state index >= 15 is 0 Å². The lowest BCUT2D eigenvalue weighted by Crippen LogP contribution is -2.08. The van der Waals surface area contributed by atoms with Crippen LogP contribution in [-0.4, -0.2) is 16.1 Å². The Balaban J connectivity index is 2.32. The van der Waals surface area contributed by atoms with Crippen molar-refractivity contribution in [2.45, 2.75) is 33.6 Å². The van der Waals surface area contributed by atoms with Gasteiger partial charge >= 0.3 is 0 Å². The molecule has 1 N–H and O–H groups in total. The van der Waals surface area contributed by atoms with E-state index in [4.69, 9.17) is 0 Å². The molecule has 0 spiro atoms. The summed E-state index contributed by atoms with van der Waals surface area (Å²) in [6.45, 7) is 6.78. The maximum absolute atomic E-state index is 14.0. The molecule has 1 heterocycles. The van der Waals surface area contributed by atoms with Crippen LogP contribution >= 0.6 is 0 Å². The van der Waals surface area contributed by atoms with Crippen molar-refractivity contribution in [3.63, 3.8) is 0 Å². The third-order valence-electron chi connectivity index (χ3n) is 3.00. The van der Waals surface area contributed by atoms with Gasteiger partial charge in [0.05, 0.1) is 11.4 Å². The van der Waals surface area contributed by atoms with Gasteiger partial charge < -0.3 is 5.32 Å². The third kappa shape index (κ3) is 3.13. The smallest absolute Gasteiger partial charge is 0.207 e. The molecule has 2 aromatic rings. The highest BCUT2D eigenvalue weighted by Gasteiger charge is 2.11. The molecule has 0 aliphatic carbocycles. The Kier molecular flexibility index (Phi) is 4.20. The van der Waals surface area contributed by atoms with E-state index in [1.807, 2.05) is 26.1 Å². The van der Waals surface area contributed by atoms with Crippen LogP contribution < -0.4 is 5.32 Å². The number of benzene rings is 1. The number of halogens is 1. The Hall–Kier alpha value is -1.84. The summed E-state index contributed by atoms with van der Waals surface area (Å²) in [6.07, 6.45) is 4.04. The molecule has 0 amide bonds. The Bertz CT molecular complexity index is 561. The molecular formula is C15H20FN3. The Morgan fingerprint density at radius 3 is 2.79 bits per heavy atom. The minimum absolute atomic E-state index is 0.226. The van der Waals surface area contributed by atoms with Gasteiger partial charge in [-0.25, -0.2) is 9.37 Å². The number of nitrogens with zero attached hydrogens (tertiary/aromatic N) is 2. The maximum atomic E-state index is 14.0. The molecular weight excluding hydrogens is 241 g/mol. The number of imidazole rings is 1. The van der Waals surface area contributed by atoms with Gasteiger partial charge in [0.15, 0.2) is 0 Å². The monoisotopic (exact) mass is 261 g/mol. The van der Waals surface area contributed by atoms with Crippen LogP contribution in [0.2, 0.25) is 0 Å². The quantitative estimate of drug-likeness (QED) is 0.829. The van der Waals surface area contributed by atoms with Gasteiger partial charge in [-0.2, -0.15) is 0 Å². The van der Waals surface area contributed by atoms with Gasteiger partial charge in [0.25, 0.3) is 0 Å². The number of hydrogen-bond donors (Lipinski definition) is 1. The topological polar surface area (TPSA) is 29.9 Å². The summed E-state index contributed by atoms with van der Waals surface area (Å²) < 4.78 is 15.8. The highest BCUT2D eigenvalue weighted by atomic mass is 19.1. The molecule has 0 unspecified atom stereocenters. The summed E-state index contributed by atoms with van der Waals surface area (Å²) >= 11 is 0. The summed E-state index contributed by atoms with van der Waals surface area (Å²) in [5, 5.41) is 3.26. The fourth-order valence-electron chi connectivity index (χ4n) is 1.99. The number of hydrogen-bond acceptors (Lipinski definition) is 2. The first kappa shape index (κ1) is 13.6. The van der Waals surface area contributed by atoms with Crippen molar-refractivity contribution in [1.29, 1.82) is 0 Å². The molecule has 19 heavy (non-hydrogen) atoms. The number of aromatic nitrogens is 2. The van der Waals surface area contributed by atoms with E-state index in [0.717, 1.165) is 30.6 Å². The van der Waals surface area contributed by atoms with Crippen LogP contribution in [0.3, 0.4) is 0 Å². The summed E-state index contributed by atoms with van der Waals surface area (Å²) in [5.41, 5.74) is 2.32. The van der Waals surface area contributed by atoms with Crippen LogP contribution in [0.4, 0.5) is 10.3 Å². The van der Waals surface area contributed by atoms with E-state index in [9.17, 15) is 4.39 Å². The molecule has 2 rings (SSSR count). The van der Waals surface area contributed by atoms with E-state index in [1.165, 1.54) is 0 Å². The SMILES string of the molecule is CCCCNc1nc(C)cn1-c1ccc(C)cc1F. The van der Waals surface area contributed by atoms with Crippen molar-refractivity contribution in [3.8, 4) is 5.69 Å². The standard InChI is InChI=1S/C15H20FN3/c1-4-5-8-17-15-18-12(3)10-19(15)14-7-6-11(2)9-13(14)16/h6-7,9-10H,4-5,8H2,1-3H3,(H,17,18). The minimum atomic E-state index is -0.226. The van der Waals surface area contributed by atoms with Gasteiger partial charge in [0, 0.05) is 12.7 Å². The molecule has 3 nitrogen and oxygen atoms in total. The van der Waals surface area contributed by atoms with Crippen LogP contribution in [-0.2, 0) is 0 Å². The van der Waals surface area contributed by atoms with Crippen LogP contribution in [0.15, 0.2) is 24.4 Å². The number of aryl methyl sites for hydroxylation is 2. The van der Waals surface area contributed by atoms with Crippen molar-refractivity contribution in [1.82, 2.24) is 9.55 Å². The zero-order valence-corrected chi connectivity index (χ0v) is 11.7. The molecule has 4 heteroatoms. The van der Waals surface area contributed by atoms with E-state index in [1.54, 1.807) is 16.7 Å². The molecule has 0 aliphatic heterocycles. The Labute approximate surface area is 113 Å². The van der Waals surface area contributed by atoms with Crippen LogP contribution in [0.25, 0.3) is 5.69 Å². The van der Waals surface area contributed by atoms with Gasteiger partial charge in [0.1, 0.15) is 5.82 Å². The number of rotatable bonds is 5. The maximum Gasteiger partial charge on any atom is 0.207 e.